The topological polar surface area (TPSA) is 40.9 Å². The Hall–Kier alpha value is -0.550. The fourth-order valence-electron chi connectivity index (χ4n) is 0.395. The van der Waals surface area contributed by atoms with Gasteiger partial charge in [-0.15, -0.1) is 0 Å². The third-order valence-electron chi connectivity index (χ3n) is 0.994. The molecule has 0 N–H and O–H groups in total. The predicted molar refractivity (Wildman–Crippen MR) is 34.9 cm³/mol. The second-order valence-electron chi connectivity index (χ2n) is 1.92. The maximum Gasteiger partial charge on any atom is 0.221 e. The lowest BCUT2D eigenvalue weighted by Gasteiger charge is -1.94. The Bertz CT molecular complexity index is 138. The van der Waals surface area contributed by atoms with Gasteiger partial charge in [-0.3, -0.25) is 4.79 Å². The lowest BCUT2D eigenvalue weighted by atomic mass is 10.1. The van der Waals surface area contributed by atoms with Crippen molar-refractivity contribution in [2.75, 3.05) is 0 Å². The third-order valence-corrected chi connectivity index (χ3v) is 1.18. The number of hydrogen-bond acceptors (Lipinski definition) is 2. The van der Waals surface area contributed by atoms with Crippen molar-refractivity contribution in [2.24, 2.45) is 5.92 Å². The van der Waals surface area contributed by atoms with Gasteiger partial charge in [0.25, 0.3) is 0 Å². The summed E-state index contributed by atoms with van der Waals surface area (Å²) in [5.74, 6) is -0.0623. The zero-order valence-corrected chi connectivity index (χ0v) is 5.98. The number of nitrogens with zero attached hydrogens (tertiary/aromatic N) is 1. The molecular weight excluding hydrogens is 138 g/mol. The number of nitriles is 1. The summed E-state index contributed by atoms with van der Waals surface area (Å²) < 4.78 is 0. The van der Waals surface area contributed by atoms with Crippen molar-refractivity contribution >= 4 is 16.8 Å². The molecule has 0 aliphatic carbocycles. The van der Waals surface area contributed by atoms with Crippen molar-refractivity contribution in [2.45, 2.75) is 19.8 Å². The summed E-state index contributed by atoms with van der Waals surface area (Å²) in [6.07, 6.45) is 0.870. The van der Waals surface area contributed by atoms with Gasteiger partial charge in [-0.2, -0.15) is 5.26 Å². The van der Waals surface area contributed by atoms with Gasteiger partial charge >= 0.3 is 0 Å². The summed E-state index contributed by atoms with van der Waals surface area (Å²) in [5, 5.41) is 7.88. The molecule has 0 bridgehead atoms. The highest BCUT2D eigenvalue weighted by atomic mass is 35.5. The van der Waals surface area contributed by atoms with Gasteiger partial charge in [-0.05, 0) is 24.9 Å². The van der Waals surface area contributed by atoms with E-state index in [1.54, 1.807) is 6.92 Å². The minimum absolute atomic E-state index is 0.0623. The van der Waals surface area contributed by atoms with E-state index in [1.807, 2.05) is 6.07 Å². The lowest BCUT2D eigenvalue weighted by molar-refractivity contribution is -0.111. The van der Waals surface area contributed by atoms with Crippen LogP contribution >= 0.6 is 11.6 Å². The molecule has 0 aliphatic heterocycles. The molecule has 50 valence electrons. The van der Waals surface area contributed by atoms with Crippen LogP contribution in [0.15, 0.2) is 0 Å². The van der Waals surface area contributed by atoms with E-state index in [9.17, 15) is 4.79 Å². The first-order valence-corrected chi connectivity index (χ1v) is 3.12. The Morgan fingerprint density at radius 2 is 2.44 bits per heavy atom. The molecule has 0 spiro atoms. The monoisotopic (exact) mass is 145 g/mol. The number of hydrogen-bond donors (Lipinski definition) is 0. The Labute approximate surface area is 59.4 Å². The first-order chi connectivity index (χ1) is 4.16. The molecule has 9 heavy (non-hydrogen) atoms. The van der Waals surface area contributed by atoms with Gasteiger partial charge < -0.3 is 0 Å². The maximum absolute atomic E-state index is 10.1. The summed E-state index contributed by atoms with van der Waals surface area (Å²) in [4.78, 5) is 10.1. The molecule has 0 saturated carbocycles. The van der Waals surface area contributed by atoms with E-state index in [1.165, 1.54) is 0 Å². The summed E-state index contributed by atoms with van der Waals surface area (Å²) in [7, 11) is 0. The van der Waals surface area contributed by atoms with Crippen LogP contribution in [0.3, 0.4) is 0 Å². The first-order valence-electron chi connectivity index (χ1n) is 2.74. The number of carbonyl (C=O) groups is 1. The second-order valence-corrected chi connectivity index (χ2v) is 2.35. The largest absolute Gasteiger partial charge is 0.281 e. The number of halogens is 1. The van der Waals surface area contributed by atoms with Crippen LogP contribution in [0.25, 0.3) is 0 Å². The Balaban J connectivity index is 3.30. The van der Waals surface area contributed by atoms with Crippen LogP contribution in [0.2, 0.25) is 0 Å². The third kappa shape index (κ3) is 5.32. The summed E-state index contributed by atoms with van der Waals surface area (Å²) in [6, 6.07) is 2.01. The number of carbonyl (C=O) groups excluding carboxylic acids is 1. The normalized spacial score (nSPS) is 12.1. The van der Waals surface area contributed by atoms with E-state index in [0.717, 1.165) is 0 Å². The van der Waals surface area contributed by atoms with Gasteiger partial charge in [0.05, 0.1) is 6.07 Å². The van der Waals surface area contributed by atoms with E-state index < -0.39 is 0 Å². The highest BCUT2D eigenvalue weighted by molar-refractivity contribution is 6.63. The average Bonchev–Trinajstić information content (AvgIpc) is 1.83. The molecule has 0 fully saturated rings. The van der Waals surface area contributed by atoms with Gasteiger partial charge in [0.2, 0.25) is 5.24 Å². The fraction of sp³-hybridized carbons (Fsp3) is 0.667. The van der Waals surface area contributed by atoms with Crippen molar-refractivity contribution in [3.8, 4) is 6.07 Å². The van der Waals surface area contributed by atoms with Crippen molar-refractivity contribution in [1.29, 1.82) is 5.26 Å². The molecule has 0 aliphatic rings. The minimum atomic E-state index is -0.364. The summed E-state index contributed by atoms with van der Waals surface area (Å²) >= 11 is 5.03. The van der Waals surface area contributed by atoms with E-state index in [-0.39, 0.29) is 11.2 Å². The molecule has 0 radical (unpaired) electrons. The molecule has 0 aromatic carbocycles. The van der Waals surface area contributed by atoms with Crippen molar-refractivity contribution in [3.05, 3.63) is 0 Å². The van der Waals surface area contributed by atoms with Gasteiger partial charge in [0.15, 0.2) is 0 Å². The summed E-state index contributed by atoms with van der Waals surface area (Å²) in [5.41, 5.74) is 0. The highest BCUT2D eigenvalue weighted by Gasteiger charge is 2.01. The van der Waals surface area contributed by atoms with E-state index in [0.29, 0.717) is 12.8 Å². The molecule has 0 aromatic heterocycles. The van der Waals surface area contributed by atoms with E-state index in [2.05, 4.69) is 0 Å². The number of rotatable bonds is 3. The zero-order valence-electron chi connectivity index (χ0n) is 5.22. The Morgan fingerprint density at radius 1 is 1.89 bits per heavy atom. The standard InChI is InChI=1S/C6H8ClNO/c1-5(4-8)2-3-6(7)9/h5H,2-3H2,1H3. The zero-order chi connectivity index (χ0) is 7.28. The van der Waals surface area contributed by atoms with Crippen molar-refractivity contribution < 1.29 is 4.79 Å². The fourth-order valence-corrected chi connectivity index (χ4v) is 0.504. The molecule has 1 atom stereocenters. The van der Waals surface area contributed by atoms with Crippen LogP contribution in [-0.4, -0.2) is 5.24 Å². The van der Waals surface area contributed by atoms with Crippen LogP contribution in [0.5, 0.6) is 0 Å². The van der Waals surface area contributed by atoms with Crippen LogP contribution in [0.1, 0.15) is 19.8 Å². The SMILES string of the molecule is CC(C#N)CCC(=O)Cl. The van der Waals surface area contributed by atoms with Crippen molar-refractivity contribution in [1.82, 2.24) is 0 Å². The van der Waals surface area contributed by atoms with Gasteiger partial charge in [0.1, 0.15) is 0 Å². The van der Waals surface area contributed by atoms with Crippen LogP contribution in [0.4, 0.5) is 0 Å². The lowest BCUT2D eigenvalue weighted by Crippen LogP contribution is -1.93. The van der Waals surface area contributed by atoms with Gasteiger partial charge in [-0.1, -0.05) is 0 Å². The van der Waals surface area contributed by atoms with Crippen LogP contribution in [0, 0.1) is 17.2 Å². The molecule has 3 heteroatoms. The Morgan fingerprint density at radius 3 is 2.78 bits per heavy atom. The van der Waals surface area contributed by atoms with Crippen LogP contribution in [-0.2, 0) is 4.79 Å². The maximum atomic E-state index is 10.1. The Kier molecular flexibility index (Phi) is 4.08. The second kappa shape index (κ2) is 4.34. The first kappa shape index (κ1) is 8.45. The van der Waals surface area contributed by atoms with Crippen LogP contribution < -0.4 is 0 Å². The van der Waals surface area contributed by atoms with Gasteiger partial charge in [0, 0.05) is 12.3 Å². The molecule has 0 aromatic rings. The molecular formula is C6H8ClNO. The predicted octanol–water partition coefficient (Wildman–Crippen LogP) is 1.69. The molecule has 0 amide bonds. The average molecular weight is 146 g/mol. The van der Waals surface area contributed by atoms with Gasteiger partial charge in [-0.25, -0.2) is 0 Å². The molecule has 0 saturated heterocycles. The highest BCUT2D eigenvalue weighted by Crippen LogP contribution is 2.04. The molecule has 0 rings (SSSR count). The summed E-state index contributed by atoms with van der Waals surface area (Å²) in [6.45, 7) is 1.76. The smallest absolute Gasteiger partial charge is 0.221 e. The minimum Gasteiger partial charge on any atom is -0.281 e. The molecule has 0 heterocycles. The van der Waals surface area contributed by atoms with E-state index >= 15 is 0 Å². The quantitative estimate of drug-likeness (QED) is 0.567. The van der Waals surface area contributed by atoms with Crippen molar-refractivity contribution in [3.63, 3.8) is 0 Å². The molecule has 1 unspecified atom stereocenters. The molecule has 2 nitrogen and oxygen atoms in total. The van der Waals surface area contributed by atoms with E-state index in [4.69, 9.17) is 16.9 Å².